The first-order valence-corrected chi connectivity index (χ1v) is 9.75. The largest absolute Gasteiger partial charge is 0.365 e. The van der Waals surface area contributed by atoms with E-state index in [2.05, 4.69) is 55.0 Å². The van der Waals surface area contributed by atoms with Gasteiger partial charge in [-0.05, 0) is 64.7 Å². The van der Waals surface area contributed by atoms with E-state index in [1.807, 2.05) is 30.1 Å². The molecule has 3 nitrogen and oxygen atoms in total. The predicted molar refractivity (Wildman–Crippen MR) is 113 cm³/mol. The van der Waals surface area contributed by atoms with Crippen LogP contribution < -0.4 is 5.32 Å². The number of benzene rings is 2. The van der Waals surface area contributed by atoms with Crippen LogP contribution in [0.3, 0.4) is 0 Å². The summed E-state index contributed by atoms with van der Waals surface area (Å²) < 4.78 is 1.25. The molecule has 0 spiro atoms. The molecule has 0 amide bonds. The standard InChI is InChI=1S/C23H21N3S/c1-14-5-6-17(13-24)10-20(14)21-12-19(11-18-7-8-27-23(18)21)22-9-15(2)26(4)16(3)25-22/h5-8,10-12,22,25H,2-3,9H2,1,4H3. The summed E-state index contributed by atoms with van der Waals surface area (Å²) in [5, 5.41) is 16.2. The van der Waals surface area contributed by atoms with Crippen LogP contribution in [0, 0.1) is 18.3 Å². The molecule has 4 rings (SSSR count). The molecule has 1 unspecified atom stereocenters. The summed E-state index contributed by atoms with van der Waals surface area (Å²) in [6.45, 7) is 10.4. The fraction of sp³-hybridized carbons (Fsp3) is 0.174. The van der Waals surface area contributed by atoms with E-state index in [-0.39, 0.29) is 6.04 Å². The van der Waals surface area contributed by atoms with E-state index in [1.54, 1.807) is 11.3 Å². The highest BCUT2D eigenvalue weighted by atomic mass is 32.1. The lowest BCUT2D eigenvalue weighted by molar-refractivity contribution is 0.356. The Kier molecular flexibility index (Phi) is 4.25. The average molecular weight is 372 g/mol. The van der Waals surface area contributed by atoms with Gasteiger partial charge in [-0.1, -0.05) is 19.2 Å². The molecule has 2 heterocycles. The molecule has 4 heteroatoms. The van der Waals surface area contributed by atoms with E-state index in [0.29, 0.717) is 5.56 Å². The summed E-state index contributed by atoms with van der Waals surface area (Å²) in [5.74, 6) is 0.867. The van der Waals surface area contributed by atoms with Crippen molar-refractivity contribution < 1.29 is 0 Å². The quantitative estimate of drug-likeness (QED) is 0.628. The Bertz CT molecular complexity index is 1100. The molecule has 2 aromatic carbocycles. The van der Waals surface area contributed by atoms with Crippen LogP contribution in [-0.4, -0.2) is 11.9 Å². The molecule has 0 radical (unpaired) electrons. The van der Waals surface area contributed by atoms with Crippen molar-refractivity contribution in [3.05, 3.63) is 83.1 Å². The molecular formula is C23H21N3S. The number of fused-ring (bicyclic) bond motifs is 1. The second kappa shape index (κ2) is 6.61. The molecule has 1 N–H and O–H groups in total. The van der Waals surface area contributed by atoms with Gasteiger partial charge in [-0.3, -0.25) is 0 Å². The van der Waals surface area contributed by atoms with E-state index in [9.17, 15) is 5.26 Å². The Balaban J connectivity index is 1.88. The molecule has 1 aliphatic rings. The van der Waals surface area contributed by atoms with E-state index >= 15 is 0 Å². The van der Waals surface area contributed by atoms with Crippen LogP contribution in [0.2, 0.25) is 0 Å². The molecule has 1 atom stereocenters. The van der Waals surface area contributed by atoms with Crippen LogP contribution >= 0.6 is 11.3 Å². The Morgan fingerprint density at radius 2 is 2.00 bits per heavy atom. The number of rotatable bonds is 2. The highest BCUT2D eigenvalue weighted by Gasteiger charge is 2.24. The summed E-state index contributed by atoms with van der Waals surface area (Å²) >= 11 is 1.74. The first kappa shape index (κ1) is 17.4. The maximum atomic E-state index is 9.33. The number of hydrogen-bond acceptors (Lipinski definition) is 4. The van der Waals surface area contributed by atoms with Crippen molar-refractivity contribution in [2.24, 2.45) is 0 Å². The third-order valence-corrected chi connectivity index (χ3v) is 6.26. The fourth-order valence-electron chi connectivity index (χ4n) is 3.60. The van der Waals surface area contributed by atoms with Crippen molar-refractivity contribution >= 4 is 21.4 Å². The van der Waals surface area contributed by atoms with Gasteiger partial charge in [-0.25, -0.2) is 0 Å². The van der Waals surface area contributed by atoms with Gasteiger partial charge in [0.25, 0.3) is 0 Å². The van der Waals surface area contributed by atoms with E-state index in [4.69, 9.17) is 0 Å². The van der Waals surface area contributed by atoms with Gasteiger partial charge in [0.1, 0.15) is 0 Å². The monoisotopic (exact) mass is 371 g/mol. The minimum atomic E-state index is 0.142. The fourth-order valence-corrected chi connectivity index (χ4v) is 4.51. The zero-order valence-corrected chi connectivity index (χ0v) is 16.4. The summed E-state index contributed by atoms with van der Waals surface area (Å²) in [7, 11) is 1.98. The lowest BCUT2D eigenvalue weighted by Crippen LogP contribution is -2.36. The van der Waals surface area contributed by atoms with Crippen molar-refractivity contribution in [2.45, 2.75) is 19.4 Å². The Morgan fingerprint density at radius 3 is 2.74 bits per heavy atom. The topological polar surface area (TPSA) is 39.1 Å². The van der Waals surface area contributed by atoms with Crippen molar-refractivity contribution in [3.8, 4) is 17.2 Å². The Hall–Kier alpha value is -3.03. The smallest absolute Gasteiger partial charge is 0.0991 e. The molecule has 134 valence electrons. The molecular weight excluding hydrogens is 350 g/mol. The van der Waals surface area contributed by atoms with E-state index in [1.165, 1.54) is 26.8 Å². The van der Waals surface area contributed by atoms with E-state index in [0.717, 1.165) is 23.5 Å². The maximum Gasteiger partial charge on any atom is 0.0991 e. The second-order valence-electron chi connectivity index (χ2n) is 7.02. The van der Waals surface area contributed by atoms with E-state index < -0.39 is 0 Å². The van der Waals surface area contributed by atoms with Gasteiger partial charge in [-0.15, -0.1) is 11.3 Å². The Morgan fingerprint density at radius 1 is 1.19 bits per heavy atom. The minimum absolute atomic E-state index is 0.142. The van der Waals surface area contributed by atoms with Crippen LogP contribution in [0.4, 0.5) is 0 Å². The molecule has 1 aliphatic heterocycles. The lowest BCUT2D eigenvalue weighted by Gasteiger charge is -2.36. The van der Waals surface area contributed by atoms with Crippen molar-refractivity contribution in [1.29, 1.82) is 5.26 Å². The molecule has 27 heavy (non-hydrogen) atoms. The van der Waals surface area contributed by atoms with Crippen LogP contribution in [0.5, 0.6) is 0 Å². The molecule has 3 aromatic rings. The predicted octanol–water partition coefficient (Wildman–Crippen LogP) is 5.70. The molecule has 1 fully saturated rings. The zero-order chi connectivity index (χ0) is 19.1. The van der Waals surface area contributed by atoms with Gasteiger partial charge in [0.15, 0.2) is 0 Å². The highest BCUT2D eigenvalue weighted by molar-refractivity contribution is 7.17. The molecule has 1 saturated heterocycles. The molecule has 0 aliphatic carbocycles. The van der Waals surface area contributed by atoms with Gasteiger partial charge in [0.2, 0.25) is 0 Å². The first-order chi connectivity index (χ1) is 13.0. The summed E-state index contributed by atoms with van der Waals surface area (Å²) in [4.78, 5) is 2.00. The number of nitrogens with zero attached hydrogens (tertiary/aromatic N) is 2. The number of nitrogens with one attached hydrogen (secondary N) is 1. The van der Waals surface area contributed by atoms with Crippen molar-refractivity contribution in [1.82, 2.24) is 10.2 Å². The normalized spacial score (nSPS) is 17.1. The van der Waals surface area contributed by atoms with Gasteiger partial charge in [0.05, 0.1) is 23.5 Å². The second-order valence-corrected chi connectivity index (χ2v) is 7.94. The molecule has 0 saturated carbocycles. The van der Waals surface area contributed by atoms with Crippen LogP contribution in [0.25, 0.3) is 21.2 Å². The van der Waals surface area contributed by atoms with Gasteiger partial charge in [0, 0.05) is 29.4 Å². The van der Waals surface area contributed by atoms with Gasteiger partial charge < -0.3 is 10.2 Å². The summed E-state index contributed by atoms with van der Waals surface area (Å²) in [6, 6.07) is 15.0. The SMILES string of the molecule is C=C1CC(c2cc(-c3cc(C#N)ccc3C)c3sccc3c2)NC(=C)N1C. The first-order valence-electron chi connectivity index (χ1n) is 8.87. The third-order valence-electron chi connectivity index (χ3n) is 5.29. The van der Waals surface area contributed by atoms with Crippen LogP contribution in [0.15, 0.2) is 66.5 Å². The number of nitriles is 1. The molecule has 0 bridgehead atoms. The lowest BCUT2D eigenvalue weighted by atomic mass is 9.92. The van der Waals surface area contributed by atoms with Gasteiger partial charge in [-0.2, -0.15) is 5.26 Å². The number of thiophene rings is 1. The summed E-state index contributed by atoms with van der Waals surface area (Å²) in [5.41, 5.74) is 6.43. The third kappa shape index (κ3) is 3.01. The number of hydrogen-bond donors (Lipinski definition) is 1. The summed E-state index contributed by atoms with van der Waals surface area (Å²) in [6.07, 6.45) is 0.835. The number of aryl methyl sites for hydroxylation is 1. The van der Waals surface area contributed by atoms with Crippen molar-refractivity contribution in [2.75, 3.05) is 7.05 Å². The van der Waals surface area contributed by atoms with Crippen LogP contribution in [0.1, 0.15) is 29.2 Å². The average Bonchev–Trinajstić information content (AvgIpc) is 3.14. The maximum absolute atomic E-state index is 9.33. The highest BCUT2D eigenvalue weighted by Crippen LogP contribution is 2.39. The Labute approximate surface area is 163 Å². The zero-order valence-electron chi connectivity index (χ0n) is 15.5. The minimum Gasteiger partial charge on any atom is -0.365 e. The molecule has 1 aromatic heterocycles. The van der Waals surface area contributed by atoms with Crippen molar-refractivity contribution in [3.63, 3.8) is 0 Å². The van der Waals surface area contributed by atoms with Crippen LogP contribution in [-0.2, 0) is 0 Å². The van der Waals surface area contributed by atoms with Gasteiger partial charge >= 0.3 is 0 Å².